The zero-order valence-electron chi connectivity index (χ0n) is 15.3. The van der Waals surface area contributed by atoms with Gasteiger partial charge in [0.05, 0.1) is 6.54 Å². The molecule has 0 aliphatic heterocycles. The number of aliphatic hydroxyl groups excluding tert-OH is 1. The van der Waals surface area contributed by atoms with E-state index in [2.05, 4.69) is 19.2 Å². The van der Waals surface area contributed by atoms with Crippen LogP contribution in [-0.2, 0) is 11.3 Å². The quantitative estimate of drug-likeness (QED) is 0.575. The van der Waals surface area contributed by atoms with Crippen molar-refractivity contribution in [2.24, 2.45) is 0 Å². The maximum atomic E-state index is 12.0. The molecule has 3 rings (SSSR count). The molecule has 0 spiro atoms. The van der Waals surface area contributed by atoms with Crippen molar-refractivity contribution >= 4 is 28.6 Å². The summed E-state index contributed by atoms with van der Waals surface area (Å²) in [7, 11) is 0. The summed E-state index contributed by atoms with van der Waals surface area (Å²) in [6.45, 7) is 4.68. The number of nitrogens with one attached hydrogen (secondary N) is 1. The molecule has 2 aromatic heterocycles. The van der Waals surface area contributed by atoms with E-state index in [1.54, 1.807) is 11.3 Å². The second-order valence-electron chi connectivity index (χ2n) is 6.55. The molecule has 0 aliphatic carbocycles. The molecule has 0 saturated heterocycles. The van der Waals surface area contributed by atoms with Crippen LogP contribution in [0.1, 0.15) is 46.8 Å². The molecule has 0 bridgehead atoms. The molecule has 1 aromatic carbocycles. The van der Waals surface area contributed by atoms with E-state index in [4.69, 9.17) is 4.74 Å². The highest BCUT2D eigenvalue weighted by atomic mass is 32.1. The van der Waals surface area contributed by atoms with Gasteiger partial charge in [-0.25, -0.2) is 0 Å². The monoisotopic (exact) mass is 401 g/mol. The number of carbonyl (C=O) groups excluding carboxylic acids is 1. The van der Waals surface area contributed by atoms with Crippen molar-refractivity contribution < 1.29 is 14.6 Å². The molecule has 0 fully saturated rings. The van der Waals surface area contributed by atoms with Crippen LogP contribution in [0.3, 0.4) is 0 Å². The predicted octanol–water partition coefficient (Wildman–Crippen LogP) is 4.71. The molecule has 0 radical (unpaired) electrons. The lowest BCUT2D eigenvalue weighted by atomic mass is 10.0. The van der Waals surface area contributed by atoms with Crippen LogP contribution in [-0.4, -0.2) is 17.6 Å². The molecular formula is C21H23NO3S2. The van der Waals surface area contributed by atoms with E-state index in [0.717, 1.165) is 15.3 Å². The van der Waals surface area contributed by atoms with Crippen LogP contribution < -0.4 is 10.1 Å². The summed E-state index contributed by atoms with van der Waals surface area (Å²) in [5.74, 6) is 0.986. The molecule has 0 aliphatic rings. The van der Waals surface area contributed by atoms with Gasteiger partial charge in [-0.1, -0.05) is 26.0 Å². The van der Waals surface area contributed by atoms with Gasteiger partial charge in [-0.05, 0) is 58.1 Å². The fourth-order valence-electron chi connectivity index (χ4n) is 2.57. The maximum absolute atomic E-state index is 12.0. The summed E-state index contributed by atoms with van der Waals surface area (Å²) in [6, 6.07) is 13.6. The molecule has 0 saturated carbocycles. The average Bonchev–Trinajstić information content (AvgIpc) is 3.36. The van der Waals surface area contributed by atoms with Gasteiger partial charge in [-0.15, -0.1) is 11.3 Å². The lowest BCUT2D eigenvalue weighted by Crippen LogP contribution is -2.28. The first kappa shape index (κ1) is 19.6. The number of thiophene rings is 2. The lowest BCUT2D eigenvalue weighted by Gasteiger charge is -2.09. The molecule has 2 heterocycles. The Morgan fingerprint density at radius 1 is 1.11 bits per heavy atom. The zero-order valence-corrected chi connectivity index (χ0v) is 17.0. The minimum absolute atomic E-state index is 0.0171. The molecule has 2 N–H and O–H groups in total. The van der Waals surface area contributed by atoms with E-state index in [1.807, 2.05) is 53.2 Å². The van der Waals surface area contributed by atoms with Crippen molar-refractivity contribution in [3.63, 3.8) is 0 Å². The number of ether oxygens (including phenoxy) is 1. The van der Waals surface area contributed by atoms with Crippen LogP contribution in [0.4, 0.5) is 0 Å². The summed E-state index contributed by atoms with van der Waals surface area (Å²) in [4.78, 5) is 13.9. The summed E-state index contributed by atoms with van der Waals surface area (Å²) in [5.41, 5.74) is 2.14. The van der Waals surface area contributed by atoms with E-state index >= 15 is 0 Å². The fraction of sp³-hybridized carbons (Fsp3) is 0.286. The fourth-order valence-corrected chi connectivity index (χ4v) is 4.21. The highest BCUT2D eigenvalue weighted by molar-refractivity contribution is 7.12. The van der Waals surface area contributed by atoms with Gasteiger partial charge in [-0.3, -0.25) is 4.79 Å². The van der Waals surface area contributed by atoms with Crippen molar-refractivity contribution in [1.82, 2.24) is 5.32 Å². The largest absolute Gasteiger partial charge is 0.484 e. The van der Waals surface area contributed by atoms with Gasteiger partial charge in [0.25, 0.3) is 5.91 Å². The normalized spacial score (nSPS) is 12.1. The third kappa shape index (κ3) is 5.42. The molecule has 1 atom stereocenters. The SMILES string of the molecule is CC(C)c1ccc(OCC(=O)NCc2ccc(C(O)c3ccsc3)s2)cc1. The van der Waals surface area contributed by atoms with Crippen LogP contribution in [0, 0.1) is 0 Å². The number of aliphatic hydroxyl groups is 1. The molecule has 4 nitrogen and oxygen atoms in total. The highest BCUT2D eigenvalue weighted by Crippen LogP contribution is 2.29. The zero-order chi connectivity index (χ0) is 19.2. The van der Waals surface area contributed by atoms with Crippen LogP contribution in [0.15, 0.2) is 53.2 Å². The third-order valence-electron chi connectivity index (χ3n) is 4.19. The number of carbonyl (C=O) groups is 1. The molecule has 27 heavy (non-hydrogen) atoms. The van der Waals surface area contributed by atoms with E-state index in [9.17, 15) is 9.90 Å². The van der Waals surface area contributed by atoms with Crippen LogP contribution in [0.25, 0.3) is 0 Å². The van der Waals surface area contributed by atoms with E-state index in [1.165, 1.54) is 16.9 Å². The third-order valence-corrected chi connectivity index (χ3v) is 6.03. The van der Waals surface area contributed by atoms with Gasteiger partial charge in [0.15, 0.2) is 6.61 Å². The van der Waals surface area contributed by atoms with Crippen molar-refractivity contribution in [2.45, 2.75) is 32.4 Å². The maximum Gasteiger partial charge on any atom is 0.258 e. The molecule has 1 unspecified atom stereocenters. The summed E-state index contributed by atoms with van der Waals surface area (Å²) >= 11 is 3.06. The summed E-state index contributed by atoms with van der Waals surface area (Å²) in [6.07, 6.45) is -0.608. The minimum atomic E-state index is -0.608. The smallest absolute Gasteiger partial charge is 0.258 e. The Kier molecular flexibility index (Phi) is 6.66. The first-order chi connectivity index (χ1) is 13.0. The Bertz CT molecular complexity index is 854. The van der Waals surface area contributed by atoms with Gasteiger partial charge >= 0.3 is 0 Å². The Labute approximate surface area is 167 Å². The van der Waals surface area contributed by atoms with Gasteiger partial charge in [0, 0.05) is 9.75 Å². The highest BCUT2D eigenvalue weighted by Gasteiger charge is 2.13. The number of benzene rings is 1. The molecule has 1 amide bonds. The number of hydrogen-bond donors (Lipinski definition) is 2. The molecular weight excluding hydrogens is 378 g/mol. The van der Waals surface area contributed by atoms with E-state index in [-0.39, 0.29) is 12.5 Å². The standard InChI is InChI=1S/C21H23NO3S2/c1-14(2)15-3-5-17(6-4-15)25-12-20(23)22-11-18-7-8-19(27-18)21(24)16-9-10-26-13-16/h3-10,13-14,21,24H,11-12H2,1-2H3,(H,22,23). The van der Waals surface area contributed by atoms with Gasteiger partial charge in [0.2, 0.25) is 0 Å². The Morgan fingerprint density at radius 3 is 2.56 bits per heavy atom. The van der Waals surface area contributed by atoms with Crippen LogP contribution in [0.5, 0.6) is 5.75 Å². The minimum Gasteiger partial charge on any atom is -0.484 e. The Hall–Kier alpha value is -2.15. The van der Waals surface area contributed by atoms with E-state index in [0.29, 0.717) is 18.2 Å². The number of hydrogen-bond acceptors (Lipinski definition) is 5. The Balaban J connectivity index is 1.45. The van der Waals surface area contributed by atoms with Gasteiger partial charge in [-0.2, -0.15) is 11.3 Å². The van der Waals surface area contributed by atoms with Crippen molar-refractivity contribution in [3.05, 3.63) is 74.1 Å². The topological polar surface area (TPSA) is 58.6 Å². The van der Waals surface area contributed by atoms with Crippen molar-refractivity contribution in [1.29, 1.82) is 0 Å². The van der Waals surface area contributed by atoms with Gasteiger partial charge in [0.1, 0.15) is 11.9 Å². The van der Waals surface area contributed by atoms with Gasteiger partial charge < -0.3 is 15.2 Å². The van der Waals surface area contributed by atoms with E-state index < -0.39 is 6.10 Å². The number of amides is 1. The summed E-state index contributed by atoms with van der Waals surface area (Å²) < 4.78 is 5.54. The second-order valence-corrected chi connectivity index (χ2v) is 8.53. The van der Waals surface area contributed by atoms with Crippen molar-refractivity contribution in [3.8, 4) is 5.75 Å². The molecule has 6 heteroatoms. The first-order valence-electron chi connectivity index (χ1n) is 8.81. The number of rotatable bonds is 8. The predicted molar refractivity (Wildman–Crippen MR) is 111 cm³/mol. The van der Waals surface area contributed by atoms with Crippen molar-refractivity contribution in [2.75, 3.05) is 6.61 Å². The second kappa shape index (κ2) is 9.17. The summed E-state index contributed by atoms with van der Waals surface area (Å²) in [5, 5.41) is 17.1. The lowest BCUT2D eigenvalue weighted by molar-refractivity contribution is -0.123. The first-order valence-corrected chi connectivity index (χ1v) is 10.6. The Morgan fingerprint density at radius 2 is 1.89 bits per heavy atom. The van der Waals surface area contributed by atoms with Crippen LogP contribution >= 0.6 is 22.7 Å². The van der Waals surface area contributed by atoms with Crippen LogP contribution in [0.2, 0.25) is 0 Å². The average molecular weight is 402 g/mol. The molecule has 3 aromatic rings. The molecule has 142 valence electrons.